The van der Waals surface area contributed by atoms with Crippen molar-refractivity contribution < 1.29 is 9.90 Å². The summed E-state index contributed by atoms with van der Waals surface area (Å²) in [5, 5.41) is 8.71. The van der Waals surface area contributed by atoms with Crippen molar-refractivity contribution >= 4 is 5.97 Å². The Labute approximate surface area is 167 Å². The Morgan fingerprint density at radius 2 is 0.926 bits per heavy atom. The third kappa shape index (κ3) is 17.3. The first-order valence-corrected chi connectivity index (χ1v) is 10.2. The Balaban J connectivity index is 4.08. The summed E-state index contributed by atoms with van der Waals surface area (Å²) >= 11 is 0. The first-order valence-electron chi connectivity index (χ1n) is 10.2. The molecular weight excluding hydrogens is 332 g/mol. The van der Waals surface area contributed by atoms with Crippen LogP contribution in [-0.4, -0.2) is 11.1 Å². The molecule has 0 aromatic rings. The maximum Gasteiger partial charge on any atom is 0.328 e. The summed E-state index contributed by atoms with van der Waals surface area (Å²) in [6.07, 6.45) is 19.1. The van der Waals surface area contributed by atoms with Crippen LogP contribution in [0.2, 0.25) is 0 Å². The van der Waals surface area contributed by atoms with Crippen LogP contribution >= 0.6 is 0 Å². The van der Waals surface area contributed by atoms with Gasteiger partial charge in [0.15, 0.2) is 0 Å². The van der Waals surface area contributed by atoms with Gasteiger partial charge in [-0.1, -0.05) is 52.2 Å². The summed E-state index contributed by atoms with van der Waals surface area (Å²) in [5.74, 6) is -0.855. The van der Waals surface area contributed by atoms with Crippen molar-refractivity contribution in [3.63, 3.8) is 0 Å². The van der Waals surface area contributed by atoms with Gasteiger partial charge in [0.1, 0.15) is 0 Å². The van der Waals surface area contributed by atoms with E-state index in [1.807, 2.05) is 6.92 Å². The van der Waals surface area contributed by atoms with Crippen LogP contribution in [0.5, 0.6) is 0 Å². The molecule has 0 saturated heterocycles. The average molecular weight is 373 g/mol. The Hall–Kier alpha value is -1.83. The van der Waals surface area contributed by atoms with Gasteiger partial charge in [0, 0.05) is 6.08 Å². The van der Waals surface area contributed by atoms with Crippen molar-refractivity contribution in [3.05, 3.63) is 58.2 Å². The highest BCUT2D eigenvalue weighted by atomic mass is 16.4. The Bertz CT molecular complexity index is 594. The van der Waals surface area contributed by atoms with Crippen LogP contribution in [0.15, 0.2) is 58.2 Å². The van der Waals surface area contributed by atoms with Crippen molar-refractivity contribution in [1.29, 1.82) is 0 Å². The zero-order valence-electron chi connectivity index (χ0n) is 18.4. The number of carboxylic acid groups (broad SMARTS) is 1. The van der Waals surface area contributed by atoms with Crippen LogP contribution in [-0.2, 0) is 4.79 Å². The summed E-state index contributed by atoms with van der Waals surface area (Å²) < 4.78 is 0. The average Bonchev–Trinajstić information content (AvgIpc) is 2.53. The maximum absolute atomic E-state index is 10.6. The lowest BCUT2D eigenvalue weighted by Crippen LogP contribution is -1.89. The molecule has 0 atom stereocenters. The molecule has 0 aliphatic heterocycles. The molecule has 0 fully saturated rings. The molecule has 0 aliphatic rings. The molecule has 0 bridgehead atoms. The summed E-state index contributed by atoms with van der Waals surface area (Å²) in [5.41, 5.74) is 6.67. The zero-order valence-corrected chi connectivity index (χ0v) is 18.4. The first kappa shape index (κ1) is 25.2. The van der Waals surface area contributed by atoms with Gasteiger partial charge in [0.05, 0.1) is 0 Å². The predicted molar refractivity (Wildman–Crippen MR) is 119 cm³/mol. The molecule has 0 rings (SSSR count). The van der Waals surface area contributed by atoms with Gasteiger partial charge >= 0.3 is 5.97 Å². The molecular formula is C25H40O2. The molecule has 0 heterocycles. The molecule has 0 amide bonds. The van der Waals surface area contributed by atoms with E-state index in [2.05, 4.69) is 58.9 Å². The van der Waals surface area contributed by atoms with Crippen LogP contribution in [0.25, 0.3) is 0 Å². The lowest BCUT2D eigenvalue weighted by molar-refractivity contribution is -0.131. The van der Waals surface area contributed by atoms with Crippen LogP contribution in [0.1, 0.15) is 92.9 Å². The van der Waals surface area contributed by atoms with Crippen LogP contribution in [0.4, 0.5) is 0 Å². The van der Waals surface area contributed by atoms with E-state index in [9.17, 15) is 4.79 Å². The fourth-order valence-electron chi connectivity index (χ4n) is 2.82. The summed E-state index contributed by atoms with van der Waals surface area (Å²) in [6.45, 7) is 12.8. The largest absolute Gasteiger partial charge is 0.478 e. The van der Waals surface area contributed by atoms with E-state index in [0.717, 1.165) is 50.5 Å². The third-order valence-corrected chi connectivity index (χ3v) is 4.56. The molecule has 0 aromatic carbocycles. The predicted octanol–water partition coefficient (Wildman–Crippen LogP) is 7.94. The fraction of sp³-hybridized carbons (Fsp3) is 0.560. The van der Waals surface area contributed by atoms with Gasteiger partial charge < -0.3 is 5.11 Å². The van der Waals surface area contributed by atoms with Gasteiger partial charge in [-0.05, 0) is 92.9 Å². The number of rotatable bonds is 13. The van der Waals surface area contributed by atoms with Crippen LogP contribution < -0.4 is 0 Å². The van der Waals surface area contributed by atoms with Crippen molar-refractivity contribution in [2.24, 2.45) is 0 Å². The number of allylic oxidation sites excluding steroid dienone is 9. The molecule has 0 saturated carbocycles. The van der Waals surface area contributed by atoms with E-state index >= 15 is 0 Å². The van der Waals surface area contributed by atoms with Gasteiger partial charge in [-0.25, -0.2) is 4.79 Å². The molecule has 27 heavy (non-hydrogen) atoms. The smallest absolute Gasteiger partial charge is 0.328 e. The monoisotopic (exact) mass is 372 g/mol. The number of carbonyl (C=O) groups is 1. The SMILES string of the molecule is CC(C)=CCC/C(C)=C/CC/C(C)=C/CC/C(C)=C/CC/C(C)=C/C(=O)O. The molecule has 0 aromatic heterocycles. The van der Waals surface area contributed by atoms with E-state index in [-0.39, 0.29) is 0 Å². The quantitative estimate of drug-likeness (QED) is 0.263. The van der Waals surface area contributed by atoms with E-state index in [1.165, 1.54) is 34.8 Å². The summed E-state index contributed by atoms with van der Waals surface area (Å²) in [4.78, 5) is 10.6. The summed E-state index contributed by atoms with van der Waals surface area (Å²) in [7, 11) is 0. The first-order chi connectivity index (χ1) is 12.7. The molecule has 2 nitrogen and oxygen atoms in total. The second kappa shape index (κ2) is 15.2. The van der Waals surface area contributed by atoms with E-state index in [4.69, 9.17) is 5.11 Å². The Morgan fingerprint density at radius 1 is 0.593 bits per heavy atom. The molecule has 152 valence electrons. The minimum atomic E-state index is -0.855. The lowest BCUT2D eigenvalue weighted by atomic mass is 10.0. The number of hydrogen-bond donors (Lipinski definition) is 1. The van der Waals surface area contributed by atoms with Gasteiger partial charge in [0.2, 0.25) is 0 Å². The van der Waals surface area contributed by atoms with Crippen LogP contribution in [0, 0.1) is 0 Å². The minimum Gasteiger partial charge on any atom is -0.478 e. The number of carboxylic acids is 1. The molecule has 2 heteroatoms. The van der Waals surface area contributed by atoms with Crippen LogP contribution in [0.3, 0.4) is 0 Å². The highest BCUT2D eigenvalue weighted by Crippen LogP contribution is 2.14. The third-order valence-electron chi connectivity index (χ3n) is 4.56. The van der Waals surface area contributed by atoms with Crippen molar-refractivity contribution in [3.8, 4) is 0 Å². The maximum atomic E-state index is 10.6. The van der Waals surface area contributed by atoms with E-state index in [0.29, 0.717) is 0 Å². The highest BCUT2D eigenvalue weighted by molar-refractivity contribution is 5.80. The van der Waals surface area contributed by atoms with Gasteiger partial charge in [-0.2, -0.15) is 0 Å². The fourth-order valence-corrected chi connectivity index (χ4v) is 2.82. The molecule has 0 aliphatic carbocycles. The second-order valence-electron chi connectivity index (χ2n) is 7.92. The standard InChI is InChI=1S/C25H40O2/c1-20(2)11-7-12-21(3)13-8-14-22(4)15-9-16-23(5)17-10-18-24(6)19-25(26)27/h11,13,15,17,19H,7-10,12,14,16,18H2,1-6H3,(H,26,27)/b21-13+,22-15+,23-17+,24-19+. The van der Waals surface area contributed by atoms with Gasteiger partial charge in [-0.3, -0.25) is 0 Å². The van der Waals surface area contributed by atoms with Crippen molar-refractivity contribution in [2.45, 2.75) is 92.9 Å². The topological polar surface area (TPSA) is 37.3 Å². The normalized spacial score (nSPS) is 13.7. The highest BCUT2D eigenvalue weighted by Gasteiger charge is 1.96. The lowest BCUT2D eigenvalue weighted by Gasteiger charge is -2.03. The number of aliphatic carboxylic acids is 1. The second-order valence-corrected chi connectivity index (χ2v) is 7.92. The number of hydrogen-bond acceptors (Lipinski definition) is 1. The zero-order chi connectivity index (χ0) is 20.7. The van der Waals surface area contributed by atoms with E-state index in [1.54, 1.807) is 0 Å². The van der Waals surface area contributed by atoms with Gasteiger partial charge in [-0.15, -0.1) is 0 Å². The molecule has 0 radical (unpaired) electrons. The molecule has 0 unspecified atom stereocenters. The van der Waals surface area contributed by atoms with Crippen molar-refractivity contribution in [2.75, 3.05) is 0 Å². The minimum absolute atomic E-state index is 0.817. The van der Waals surface area contributed by atoms with Gasteiger partial charge in [0.25, 0.3) is 0 Å². The van der Waals surface area contributed by atoms with E-state index < -0.39 is 5.97 Å². The summed E-state index contributed by atoms with van der Waals surface area (Å²) in [6, 6.07) is 0. The Kier molecular flexibility index (Phi) is 14.2. The Morgan fingerprint density at radius 3 is 1.26 bits per heavy atom. The molecule has 0 spiro atoms. The van der Waals surface area contributed by atoms with Crippen molar-refractivity contribution in [1.82, 2.24) is 0 Å². The molecule has 1 N–H and O–H groups in total.